The fourth-order valence-corrected chi connectivity index (χ4v) is 2.11. The third-order valence-corrected chi connectivity index (χ3v) is 3.16. The molecule has 1 aromatic rings. The summed E-state index contributed by atoms with van der Waals surface area (Å²) in [6.07, 6.45) is -0.110. The molecule has 0 aromatic heterocycles. The number of rotatable bonds is 4. The molecule has 0 aliphatic carbocycles. The number of amides is 2. The SMILES string of the molecule is NC(N)=NC1CC[C@H](NC(=O)OCc2ccccc2)C(=O)N1. The zero-order chi connectivity index (χ0) is 15.9. The average Bonchev–Trinajstić information content (AvgIpc) is 2.48. The summed E-state index contributed by atoms with van der Waals surface area (Å²) in [7, 11) is 0. The molecule has 1 unspecified atom stereocenters. The number of piperidine rings is 1. The monoisotopic (exact) mass is 305 g/mol. The molecule has 22 heavy (non-hydrogen) atoms. The third kappa shape index (κ3) is 4.65. The second kappa shape index (κ2) is 7.30. The standard InChI is InChI=1S/C14H19N5O3/c15-13(16)19-11-7-6-10(12(20)18-11)17-14(21)22-8-9-4-2-1-3-5-9/h1-5,10-11H,6-8H2,(H,17,21)(H,18,20)(H4,15,16,19)/t10-,11?/m0/s1. The Kier molecular flexibility index (Phi) is 5.18. The van der Waals surface area contributed by atoms with Crippen molar-refractivity contribution in [2.24, 2.45) is 16.5 Å². The first-order valence-corrected chi connectivity index (χ1v) is 6.91. The molecule has 1 aliphatic heterocycles. The van der Waals surface area contributed by atoms with E-state index in [0.29, 0.717) is 12.8 Å². The Labute approximate surface area is 127 Å². The van der Waals surface area contributed by atoms with E-state index in [-0.39, 0.29) is 18.5 Å². The number of benzene rings is 1. The summed E-state index contributed by atoms with van der Waals surface area (Å²) in [4.78, 5) is 27.4. The maximum absolute atomic E-state index is 11.9. The number of hydrogen-bond acceptors (Lipinski definition) is 4. The van der Waals surface area contributed by atoms with Crippen molar-refractivity contribution >= 4 is 18.0 Å². The van der Waals surface area contributed by atoms with Gasteiger partial charge in [0.25, 0.3) is 0 Å². The van der Waals surface area contributed by atoms with Crippen molar-refractivity contribution in [3.8, 4) is 0 Å². The number of nitrogens with zero attached hydrogens (tertiary/aromatic N) is 1. The Morgan fingerprint density at radius 2 is 2.05 bits per heavy atom. The Bertz CT molecular complexity index is 557. The summed E-state index contributed by atoms with van der Waals surface area (Å²) < 4.78 is 5.07. The van der Waals surface area contributed by atoms with E-state index in [9.17, 15) is 9.59 Å². The van der Waals surface area contributed by atoms with Gasteiger partial charge in [-0.15, -0.1) is 0 Å². The quantitative estimate of drug-likeness (QED) is 0.451. The van der Waals surface area contributed by atoms with E-state index in [1.165, 1.54) is 0 Å². The second-order valence-electron chi connectivity index (χ2n) is 4.91. The van der Waals surface area contributed by atoms with Gasteiger partial charge in [-0.05, 0) is 18.4 Å². The van der Waals surface area contributed by atoms with E-state index < -0.39 is 18.3 Å². The lowest BCUT2D eigenvalue weighted by Crippen LogP contribution is -2.54. The number of aliphatic imine (C=N–C) groups is 1. The third-order valence-electron chi connectivity index (χ3n) is 3.16. The van der Waals surface area contributed by atoms with Crippen LogP contribution in [-0.4, -0.2) is 30.2 Å². The number of carbonyl (C=O) groups excluding carboxylic acids is 2. The fraction of sp³-hybridized carbons (Fsp3) is 0.357. The lowest BCUT2D eigenvalue weighted by atomic mass is 10.0. The summed E-state index contributed by atoms with van der Waals surface area (Å²) >= 11 is 0. The molecule has 118 valence electrons. The van der Waals surface area contributed by atoms with E-state index in [1.807, 2.05) is 30.3 Å². The molecule has 2 atom stereocenters. The molecule has 8 heteroatoms. The van der Waals surface area contributed by atoms with Crippen LogP contribution in [-0.2, 0) is 16.1 Å². The number of ether oxygens (including phenoxy) is 1. The van der Waals surface area contributed by atoms with Crippen LogP contribution >= 0.6 is 0 Å². The van der Waals surface area contributed by atoms with Gasteiger partial charge in [0.15, 0.2) is 5.96 Å². The molecule has 6 N–H and O–H groups in total. The number of hydrogen-bond donors (Lipinski definition) is 4. The highest BCUT2D eigenvalue weighted by Crippen LogP contribution is 2.10. The predicted molar refractivity (Wildman–Crippen MR) is 80.5 cm³/mol. The first kappa shape index (κ1) is 15.6. The first-order valence-electron chi connectivity index (χ1n) is 6.91. The van der Waals surface area contributed by atoms with Crippen LogP contribution in [0.15, 0.2) is 35.3 Å². The van der Waals surface area contributed by atoms with Gasteiger partial charge in [-0.1, -0.05) is 30.3 Å². The minimum Gasteiger partial charge on any atom is -0.445 e. The van der Waals surface area contributed by atoms with Gasteiger partial charge in [-0.25, -0.2) is 9.79 Å². The Balaban J connectivity index is 1.78. The molecule has 2 rings (SSSR count). The van der Waals surface area contributed by atoms with Crippen molar-refractivity contribution in [1.82, 2.24) is 10.6 Å². The van der Waals surface area contributed by atoms with Gasteiger partial charge >= 0.3 is 6.09 Å². The van der Waals surface area contributed by atoms with Crippen LogP contribution in [0.3, 0.4) is 0 Å². The maximum Gasteiger partial charge on any atom is 0.408 e. The number of nitrogens with one attached hydrogen (secondary N) is 2. The number of carbonyl (C=O) groups is 2. The largest absolute Gasteiger partial charge is 0.445 e. The minimum atomic E-state index is -0.645. The summed E-state index contributed by atoms with van der Waals surface area (Å²) in [5.74, 6) is -0.420. The normalized spacial score (nSPS) is 20.6. The van der Waals surface area contributed by atoms with Crippen LogP contribution in [0, 0.1) is 0 Å². The Hall–Kier alpha value is -2.77. The zero-order valence-corrected chi connectivity index (χ0v) is 12.0. The van der Waals surface area contributed by atoms with Crippen LogP contribution in [0.1, 0.15) is 18.4 Å². The highest BCUT2D eigenvalue weighted by Gasteiger charge is 2.29. The van der Waals surface area contributed by atoms with Crippen molar-refractivity contribution in [3.63, 3.8) is 0 Å². The smallest absolute Gasteiger partial charge is 0.408 e. The second-order valence-corrected chi connectivity index (χ2v) is 4.91. The molecule has 1 aliphatic rings. The predicted octanol–water partition coefficient (Wildman–Crippen LogP) is -0.209. The zero-order valence-electron chi connectivity index (χ0n) is 12.0. The molecule has 1 fully saturated rings. The summed E-state index contributed by atoms with van der Waals surface area (Å²) in [6.45, 7) is 0.150. The molecule has 8 nitrogen and oxygen atoms in total. The van der Waals surface area contributed by atoms with Gasteiger partial charge in [0, 0.05) is 0 Å². The van der Waals surface area contributed by atoms with E-state index in [2.05, 4.69) is 15.6 Å². The van der Waals surface area contributed by atoms with Crippen LogP contribution in [0.2, 0.25) is 0 Å². The van der Waals surface area contributed by atoms with E-state index >= 15 is 0 Å². The van der Waals surface area contributed by atoms with Gasteiger partial charge in [0.05, 0.1) is 0 Å². The van der Waals surface area contributed by atoms with E-state index in [4.69, 9.17) is 16.2 Å². The molecule has 2 amide bonds. The van der Waals surface area contributed by atoms with Gasteiger partial charge in [-0.2, -0.15) is 0 Å². The number of alkyl carbamates (subject to hydrolysis) is 1. The average molecular weight is 305 g/mol. The van der Waals surface area contributed by atoms with Crippen molar-refractivity contribution in [1.29, 1.82) is 0 Å². The van der Waals surface area contributed by atoms with Crippen LogP contribution in [0.5, 0.6) is 0 Å². The highest BCUT2D eigenvalue weighted by molar-refractivity contribution is 5.86. The van der Waals surface area contributed by atoms with Crippen molar-refractivity contribution in [2.75, 3.05) is 0 Å². The van der Waals surface area contributed by atoms with Crippen molar-refractivity contribution < 1.29 is 14.3 Å². The van der Waals surface area contributed by atoms with Crippen LogP contribution in [0.4, 0.5) is 4.79 Å². The van der Waals surface area contributed by atoms with E-state index in [0.717, 1.165) is 5.56 Å². The van der Waals surface area contributed by atoms with Gasteiger partial charge in [0.1, 0.15) is 18.8 Å². The molecule has 0 spiro atoms. The van der Waals surface area contributed by atoms with Crippen LogP contribution < -0.4 is 22.1 Å². The van der Waals surface area contributed by atoms with E-state index in [1.54, 1.807) is 0 Å². The molecule has 0 radical (unpaired) electrons. The number of nitrogens with two attached hydrogens (primary N) is 2. The van der Waals surface area contributed by atoms with Gasteiger partial charge in [-0.3, -0.25) is 4.79 Å². The molecule has 1 saturated heterocycles. The topological polar surface area (TPSA) is 132 Å². The minimum absolute atomic E-state index is 0.0843. The highest BCUT2D eigenvalue weighted by atomic mass is 16.5. The van der Waals surface area contributed by atoms with Crippen molar-refractivity contribution in [2.45, 2.75) is 31.7 Å². The maximum atomic E-state index is 11.9. The van der Waals surface area contributed by atoms with Gasteiger partial charge in [0.2, 0.25) is 5.91 Å². The fourth-order valence-electron chi connectivity index (χ4n) is 2.11. The first-order chi connectivity index (χ1) is 10.5. The number of guanidine groups is 1. The molecule has 1 aromatic carbocycles. The lowest BCUT2D eigenvalue weighted by molar-refractivity contribution is -0.125. The Morgan fingerprint density at radius 3 is 2.68 bits per heavy atom. The van der Waals surface area contributed by atoms with Gasteiger partial charge < -0.3 is 26.8 Å². The lowest BCUT2D eigenvalue weighted by Gasteiger charge is -2.27. The summed E-state index contributed by atoms with van der Waals surface area (Å²) in [5, 5.41) is 5.15. The molecular formula is C14H19N5O3. The Morgan fingerprint density at radius 1 is 1.32 bits per heavy atom. The molecule has 0 bridgehead atoms. The molecule has 1 heterocycles. The molecule has 0 saturated carbocycles. The van der Waals surface area contributed by atoms with Crippen molar-refractivity contribution in [3.05, 3.63) is 35.9 Å². The van der Waals surface area contributed by atoms with Crippen LogP contribution in [0.25, 0.3) is 0 Å². The summed E-state index contributed by atoms with van der Waals surface area (Å²) in [6, 6.07) is 8.64. The molecular weight excluding hydrogens is 286 g/mol. The summed E-state index contributed by atoms with van der Waals surface area (Å²) in [5.41, 5.74) is 11.4.